The molecule has 8 heteroatoms. The van der Waals surface area contributed by atoms with Crippen molar-refractivity contribution in [3.63, 3.8) is 0 Å². The van der Waals surface area contributed by atoms with Crippen LogP contribution in [0.3, 0.4) is 0 Å². The predicted molar refractivity (Wildman–Crippen MR) is 93.3 cm³/mol. The topological polar surface area (TPSA) is 67.8 Å². The second-order valence-corrected chi connectivity index (χ2v) is 8.99. The van der Waals surface area contributed by atoms with Crippen LogP contribution in [-0.2, 0) is 16.6 Å². The number of piperazine rings is 1. The fraction of sp³-hybridized carbons (Fsp3) is 0.438. The van der Waals surface area contributed by atoms with E-state index < -0.39 is 10.0 Å². The van der Waals surface area contributed by atoms with Crippen LogP contribution in [0.2, 0.25) is 0 Å². The molecule has 1 aliphatic rings. The number of aromatic nitrogens is 1. The van der Waals surface area contributed by atoms with Crippen LogP contribution < -0.4 is 4.90 Å². The van der Waals surface area contributed by atoms with Gasteiger partial charge in [0.25, 0.3) is 0 Å². The third kappa shape index (κ3) is 3.72. The molecule has 1 aromatic heterocycles. The zero-order valence-electron chi connectivity index (χ0n) is 13.8. The van der Waals surface area contributed by atoms with E-state index >= 15 is 0 Å². The number of nitrogens with one attached hydrogen (secondary N) is 1. The molecular weight excluding hydrogens is 394 g/mol. The molecule has 6 nitrogen and oxygen atoms in total. The number of quaternary nitrogens is 1. The van der Waals surface area contributed by atoms with Crippen LogP contribution >= 0.6 is 15.9 Å². The van der Waals surface area contributed by atoms with Gasteiger partial charge < -0.3 is 9.42 Å². The lowest BCUT2D eigenvalue weighted by atomic mass is 10.2. The highest BCUT2D eigenvalue weighted by molar-refractivity contribution is 9.10. The first-order valence-corrected chi connectivity index (χ1v) is 10.1. The van der Waals surface area contributed by atoms with Gasteiger partial charge in [0.2, 0.25) is 10.0 Å². The summed E-state index contributed by atoms with van der Waals surface area (Å²) in [7, 11) is -3.45. The van der Waals surface area contributed by atoms with Crippen molar-refractivity contribution in [3.8, 4) is 0 Å². The highest BCUT2D eigenvalue weighted by Crippen LogP contribution is 2.23. The molecule has 1 N–H and O–H groups in total. The number of hydrogen-bond acceptors (Lipinski definition) is 4. The van der Waals surface area contributed by atoms with Gasteiger partial charge in [0, 0.05) is 10.5 Å². The maximum absolute atomic E-state index is 12.9. The fourth-order valence-electron chi connectivity index (χ4n) is 2.97. The first-order valence-electron chi connectivity index (χ1n) is 7.88. The standard InChI is InChI=1S/C16H20BrN3O3S/c1-12-3-4-14(17)10-16(12)24(21,22)20-7-5-19(6-8-20)11-15-9-13(2)23-18-15/h3-4,9-10H,5-8,11H2,1-2H3/p+1. The molecule has 24 heavy (non-hydrogen) atoms. The predicted octanol–water partition coefficient (Wildman–Crippen LogP) is 1.14. The normalized spacial score (nSPS) is 17.3. The molecular formula is C16H21BrN3O3S+. The quantitative estimate of drug-likeness (QED) is 0.814. The Morgan fingerprint density at radius 2 is 1.96 bits per heavy atom. The minimum absolute atomic E-state index is 0.382. The van der Waals surface area contributed by atoms with Crippen molar-refractivity contribution in [3.05, 3.63) is 45.8 Å². The van der Waals surface area contributed by atoms with Crippen molar-refractivity contribution in [2.75, 3.05) is 26.2 Å². The Morgan fingerprint density at radius 3 is 2.58 bits per heavy atom. The Morgan fingerprint density at radius 1 is 1.25 bits per heavy atom. The first-order chi connectivity index (χ1) is 11.4. The Balaban J connectivity index is 1.68. The molecule has 0 saturated carbocycles. The van der Waals surface area contributed by atoms with E-state index in [1.54, 1.807) is 10.4 Å². The molecule has 1 saturated heterocycles. The Hall–Kier alpha value is -1.22. The summed E-state index contributed by atoms with van der Waals surface area (Å²) in [6.45, 7) is 7.02. The maximum atomic E-state index is 12.9. The lowest BCUT2D eigenvalue weighted by Gasteiger charge is -2.31. The summed E-state index contributed by atoms with van der Waals surface area (Å²) in [5.41, 5.74) is 1.69. The van der Waals surface area contributed by atoms with Gasteiger partial charge in [-0.1, -0.05) is 27.2 Å². The van der Waals surface area contributed by atoms with Crippen LogP contribution in [0.4, 0.5) is 0 Å². The van der Waals surface area contributed by atoms with Gasteiger partial charge >= 0.3 is 0 Å². The van der Waals surface area contributed by atoms with Gasteiger partial charge in [0.05, 0.1) is 31.1 Å². The summed E-state index contributed by atoms with van der Waals surface area (Å²) in [6.07, 6.45) is 0. The van der Waals surface area contributed by atoms with Crippen LogP contribution in [0, 0.1) is 13.8 Å². The SMILES string of the molecule is Cc1cc(C[NH+]2CCN(S(=O)(=O)c3cc(Br)ccc3C)CC2)no1. The van der Waals surface area contributed by atoms with Crippen LogP contribution in [-0.4, -0.2) is 44.1 Å². The molecule has 0 spiro atoms. The summed E-state index contributed by atoms with van der Waals surface area (Å²) in [4.78, 5) is 1.70. The molecule has 130 valence electrons. The number of rotatable bonds is 4. The minimum atomic E-state index is -3.45. The molecule has 0 aliphatic carbocycles. The number of nitrogens with zero attached hydrogens (tertiary/aromatic N) is 2. The van der Waals surface area contributed by atoms with Gasteiger partial charge in [-0.05, 0) is 31.5 Å². The van der Waals surface area contributed by atoms with E-state index in [4.69, 9.17) is 4.52 Å². The van der Waals surface area contributed by atoms with Gasteiger partial charge in [-0.3, -0.25) is 0 Å². The summed E-state index contributed by atoms with van der Waals surface area (Å²) in [5, 5.41) is 4.01. The summed E-state index contributed by atoms with van der Waals surface area (Å²) in [6, 6.07) is 7.30. The molecule has 2 heterocycles. The first kappa shape index (κ1) is 17.6. The Bertz CT molecular complexity index is 827. The molecule has 0 radical (unpaired) electrons. The molecule has 2 aromatic rings. The zero-order chi connectivity index (χ0) is 17.3. The molecule has 0 amide bonds. The van der Waals surface area contributed by atoms with E-state index in [9.17, 15) is 8.42 Å². The van der Waals surface area contributed by atoms with E-state index in [-0.39, 0.29) is 0 Å². The van der Waals surface area contributed by atoms with Crippen LogP contribution in [0.15, 0.2) is 38.2 Å². The highest BCUT2D eigenvalue weighted by Gasteiger charge is 2.31. The molecule has 1 aromatic carbocycles. The van der Waals surface area contributed by atoms with Crippen molar-refractivity contribution in [1.29, 1.82) is 0 Å². The van der Waals surface area contributed by atoms with Gasteiger partial charge in [-0.2, -0.15) is 4.31 Å². The fourth-order valence-corrected chi connectivity index (χ4v) is 5.17. The third-order valence-electron chi connectivity index (χ3n) is 4.31. The van der Waals surface area contributed by atoms with Crippen molar-refractivity contribution >= 4 is 26.0 Å². The van der Waals surface area contributed by atoms with Crippen molar-refractivity contribution in [2.24, 2.45) is 0 Å². The summed E-state index contributed by atoms with van der Waals surface area (Å²) < 4.78 is 33.2. The Labute approximate surface area is 150 Å². The van der Waals surface area contributed by atoms with Crippen LogP contribution in [0.25, 0.3) is 0 Å². The van der Waals surface area contributed by atoms with Crippen molar-refractivity contribution in [1.82, 2.24) is 9.46 Å². The largest absolute Gasteiger partial charge is 0.361 e. The smallest absolute Gasteiger partial charge is 0.243 e. The van der Waals surface area contributed by atoms with Crippen molar-refractivity contribution < 1.29 is 17.8 Å². The monoisotopic (exact) mass is 414 g/mol. The average molecular weight is 415 g/mol. The lowest BCUT2D eigenvalue weighted by molar-refractivity contribution is -0.917. The second-order valence-electron chi connectivity index (χ2n) is 6.17. The van der Waals surface area contributed by atoms with E-state index in [0.29, 0.717) is 18.0 Å². The molecule has 0 bridgehead atoms. The van der Waals surface area contributed by atoms with Gasteiger partial charge in [0.15, 0.2) is 0 Å². The van der Waals surface area contributed by atoms with Gasteiger partial charge in [0.1, 0.15) is 18.0 Å². The van der Waals surface area contributed by atoms with E-state index in [2.05, 4.69) is 21.1 Å². The summed E-state index contributed by atoms with van der Waals surface area (Å²) >= 11 is 3.36. The number of halogens is 1. The molecule has 1 fully saturated rings. The number of hydrogen-bond donors (Lipinski definition) is 1. The van der Waals surface area contributed by atoms with Gasteiger partial charge in [-0.15, -0.1) is 0 Å². The van der Waals surface area contributed by atoms with Gasteiger partial charge in [-0.25, -0.2) is 8.42 Å². The number of sulfonamides is 1. The maximum Gasteiger partial charge on any atom is 0.243 e. The minimum Gasteiger partial charge on any atom is -0.361 e. The number of aryl methyl sites for hydroxylation is 2. The molecule has 1 aliphatic heterocycles. The summed E-state index contributed by atoms with van der Waals surface area (Å²) in [5.74, 6) is 0.802. The average Bonchev–Trinajstić information content (AvgIpc) is 2.95. The molecule has 0 atom stereocenters. The van der Waals surface area contributed by atoms with E-state index in [1.165, 1.54) is 4.90 Å². The molecule has 3 rings (SSSR count). The number of benzene rings is 1. The third-order valence-corrected chi connectivity index (χ3v) is 6.84. The van der Waals surface area contributed by atoms with E-state index in [0.717, 1.165) is 41.1 Å². The van der Waals surface area contributed by atoms with Crippen molar-refractivity contribution in [2.45, 2.75) is 25.3 Å². The second kappa shape index (κ2) is 6.95. The highest BCUT2D eigenvalue weighted by atomic mass is 79.9. The lowest BCUT2D eigenvalue weighted by Crippen LogP contribution is -3.13. The zero-order valence-corrected chi connectivity index (χ0v) is 16.2. The van der Waals surface area contributed by atoms with Crippen LogP contribution in [0.1, 0.15) is 17.0 Å². The van der Waals surface area contributed by atoms with E-state index in [1.807, 2.05) is 32.0 Å². The Kier molecular flexibility index (Phi) is 5.10. The van der Waals surface area contributed by atoms with Crippen LogP contribution in [0.5, 0.6) is 0 Å². The molecule has 0 unspecified atom stereocenters.